The van der Waals surface area contributed by atoms with Crippen molar-refractivity contribution in [2.45, 2.75) is 20.0 Å². The minimum atomic E-state index is -0.523. The number of hydrogen-bond acceptors (Lipinski definition) is 1. The summed E-state index contributed by atoms with van der Waals surface area (Å²) in [4.78, 5) is 8.11. The summed E-state index contributed by atoms with van der Waals surface area (Å²) in [5, 5.41) is 0. The Balaban J connectivity index is 1.82. The lowest BCUT2D eigenvalue weighted by Gasteiger charge is -2.05. The first-order valence-electron chi connectivity index (χ1n) is 9.27. The minimum absolute atomic E-state index is 0.517. The smallest absolute Gasteiger partial charge is 0.138 e. The number of aromatic nitrogens is 2. The van der Waals surface area contributed by atoms with Gasteiger partial charge in [-0.3, -0.25) is 0 Å². The molecule has 0 radical (unpaired) electrons. The zero-order chi connectivity index (χ0) is 20.2. The average Bonchev–Trinajstić information content (AvgIpc) is 3.24. The lowest BCUT2D eigenvalue weighted by atomic mass is 10.0. The number of aromatic amines is 1. The highest BCUT2D eigenvalue weighted by Crippen LogP contribution is 2.33. The van der Waals surface area contributed by atoms with Crippen LogP contribution in [-0.4, -0.2) is 9.97 Å². The van der Waals surface area contributed by atoms with Gasteiger partial charge in [-0.15, -0.1) is 0 Å². The van der Waals surface area contributed by atoms with E-state index in [9.17, 15) is 13.2 Å². The molecule has 0 aliphatic heterocycles. The van der Waals surface area contributed by atoms with Crippen LogP contribution in [0.15, 0.2) is 72.8 Å². The van der Waals surface area contributed by atoms with Gasteiger partial charge >= 0.3 is 0 Å². The highest BCUT2D eigenvalue weighted by molar-refractivity contribution is 5.81. The van der Waals surface area contributed by atoms with Gasteiger partial charge in [0.25, 0.3) is 0 Å². The van der Waals surface area contributed by atoms with Crippen LogP contribution >= 0.6 is 0 Å². The molecule has 0 atom stereocenters. The summed E-state index contributed by atoms with van der Waals surface area (Å²) in [6.45, 7) is -1.56. The third-order valence-electron chi connectivity index (χ3n) is 4.86. The van der Waals surface area contributed by atoms with Gasteiger partial charge in [0.05, 0.1) is 11.4 Å². The molecule has 1 aromatic heterocycles. The molecule has 1 N–H and O–H groups in total. The number of imidazole rings is 1. The Hall–Kier alpha value is -3.34. The van der Waals surface area contributed by atoms with Crippen molar-refractivity contribution >= 4 is 0 Å². The van der Waals surface area contributed by atoms with E-state index in [0.29, 0.717) is 28.2 Å². The van der Waals surface area contributed by atoms with Gasteiger partial charge in [-0.25, -0.2) is 18.2 Å². The maximum Gasteiger partial charge on any atom is 0.138 e. The monoisotopic (exact) mass is 392 g/mol. The second kappa shape index (κ2) is 8.35. The van der Waals surface area contributed by atoms with Crippen molar-refractivity contribution in [3.05, 3.63) is 89.5 Å². The molecule has 0 saturated carbocycles. The SMILES string of the molecule is FCc1ccc(-c2nc(-c3ccc(CF)cc3)c(-c3ccc(CF)cc3)[nH]2)cc1. The number of halogens is 3. The highest BCUT2D eigenvalue weighted by Gasteiger charge is 2.15. The Morgan fingerprint density at radius 2 is 0.966 bits per heavy atom. The van der Waals surface area contributed by atoms with Gasteiger partial charge in [-0.1, -0.05) is 72.8 Å². The zero-order valence-corrected chi connectivity index (χ0v) is 15.6. The predicted molar refractivity (Wildman–Crippen MR) is 109 cm³/mol. The topological polar surface area (TPSA) is 28.7 Å². The van der Waals surface area contributed by atoms with Gasteiger partial charge in [0.1, 0.15) is 25.8 Å². The van der Waals surface area contributed by atoms with Crippen molar-refractivity contribution in [3.8, 4) is 33.9 Å². The summed E-state index contributed by atoms with van der Waals surface area (Å²) in [5.74, 6) is 0.643. The molecule has 29 heavy (non-hydrogen) atoms. The molecule has 0 spiro atoms. The van der Waals surface area contributed by atoms with Crippen molar-refractivity contribution < 1.29 is 13.2 Å². The Labute approximate surface area is 167 Å². The first kappa shape index (κ1) is 19.0. The summed E-state index contributed by atoms with van der Waals surface area (Å²) in [6, 6.07) is 21.4. The first-order valence-corrected chi connectivity index (χ1v) is 9.27. The fourth-order valence-electron chi connectivity index (χ4n) is 3.19. The summed E-state index contributed by atoms with van der Waals surface area (Å²) in [6.07, 6.45) is 0. The van der Waals surface area contributed by atoms with E-state index in [-0.39, 0.29) is 0 Å². The molecule has 0 aliphatic carbocycles. The fraction of sp³-hybridized carbons (Fsp3) is 0.125. The molecule has 0 saturated heterocycles. The molecule has 0 aliphatic rings. The van der Waals surface area contributed by atoms with Gasteiger partial charge in [0.2, 0.25) is 0 Å². The highest BCUT2D eigenvalue weighted by atomic mass is 19.1. The third kappa shape index (κ3) is 3.94. The summed E-state index contributed by atoms with van der Waals surface area (Å²) < 4.78 is 38.6. The molecule has 146 valence electrons. The number of alkyl halides is 3. The van der Waals surface area contributed by atoms with E-state index in [1.807, 2.05) is 36.4 Å². The molecule has 0 amide bonds. The van der Waals surface area contributed by atoms with Crippen LogP contribution < -0.4 is 0 Å². The minimum Gasteiger partial charge on any atom is -0.337 e. The van der Waals surface area contributed by atoms with E-state index in [1.54, 1.807) is 36.4 Å². The van der Waals surface area contributed by atoms with Crippen LogP contribution in [0.2, 0.25) is 0 Å². The molecule has 3 aromatic carbocycles. The lowest BCUT2D eigenvalue weighted by molar-refractivity contribution is 0.485. The number of nitrogens with zero attached hydrogens (tertiary/aromatic N) is 1. The van der Waals surface area contributed by atoms with Crippen LogP contribution in [0, 0.1) is 0 Å². The molecule has 1 heterocycles. The van der Waals surface area contributed by atoms with Crippen LogP contribution in [0.4, 0.5) is 13.2 Å². The predicted octanol–water partition coefficient (Wildman–Crippen LogP) is 6.82. The van der Waals surface area contributed by atoms with Crippen LogP contribution in [0.1, 0.15) is 16.7 Å². The van der Waals surface area contributed by atoms with Crippen molar-refractivity contribution in [1.82, 2.24) is 9.97 Å². The van der Waals surface area contributed by atoms with Crippen molar-refractivity contribution in [2.75, 3.05) is 0 Å². The number of rotatable bonds is 6. The number of nitrogens with one attached hydrogen (secondary N) is 1. The maximum atomic E-state index is 12.9. The summed E-state index contributed by atoms with van der Waals surface area (Å²) in [5.41, 5.74) is 5.84. The van der Waals surface area contributed by atoms with E-state index in [4.69, 9.17) is 4.98 Å². The first-order chi connectivity index (χ1) is 14.2. The van der Waals surface area contributed by atoms with Crippen LogP contribution in [0.3, 0.4) is 0 Å². The van der Waals surface area contributed by atoms with E-state index in [2.05, 4.69) is 4.98 Å². The summed E-state index contributed by atoms with van der Waals surface area (Å²) in [7, 11) is 0. The molecule has 2 nitrogen and oxygen atoms in total. The Kier molecular flexibility index (Phi) is 5.47. The third-order valence-corrected chi connectivity index (χ3v) is 4.86. The standard InChI is InChI=1S/C24H19F3N2/c25-13-16-1-7-19(8-2-16)22-23(20-9-3-17(14-26)4-10-20)29-24(28-22)21-11-5-18(15-27)6-12-21/h1-12H,13-15H2,(H,28,29). The van der Waals surface area contributed by atoms with E-state index in [0.717, 1.165) is 22.4 Å². The Morgan fingerprint density at radius 3 is 1.41 bits per heavy atom. The van der Waals surface area contributed by atoms with Crippen LogP contribution in [-0.2, 0) is 20.0 Å². The number of H-pyrrole nitrogens is 1. The molecular formula is C24H19F3N2. The van der Waals surface area contributed by atoms with Crippen LogP contribution in [0.25, 0.3) is 33.9 Å². The van der Waals surface area contributed by atoms with Gasteiger partial charge in [0.15, 0.2) is 0 Å². The fourth-order valence-corrected chi connectivity index (χ4v) is 3.19. The Morgan fingerprint density at radius 1 is 0.552 bits per heavy atom. The number of hydrogen-bond donors (Lipinski definition) is 1. The largest absolute Gasteiger partial charge is 0.337 e. The molecular weight excluding hydrogens is 373 g/mol. The normalized spacial score (nSPS) is 11.0. The quantitative estimate of drug-likeness (QED) is 0.383. The molecule has 4 aromatic rings. The Bertz CT molecular complexity index is 1020. The van der Waals surface area contributed by atoms with Gasteiger partial charge in [-0.05, 0) is 16.7 Å². The maximum absolute atomic E-state index is 12.9. The molecule has 0 unspecified atom stereocenters. The average molecular weight is 392 g/mol. The van der Waals surface area contributed by atoms with E-state index in [1.165, 1.54) is 0 Å². The van der Waals surface area contributed by atoms with Crippen molar-refractivity contribution in [2.24, 2.45) is 0 Å². The molecule has 5 heteroatoms. The second-order valence-electron chi connectivity index (χ2n) is 6.80. The van der Waals surface area contributed by atoms with Gasteiger partial charge in [-0.2, -0.15) is 0 Å². The van der Waals surface area contributed by atoms with E-state index < -0.39 is 20.0 Å². The second-order valence-corrected chi connectivity index (χ2v) is 6.80. The molecule has 0 bridgehead atoms. The van der Waals surface area contributed by atoms with Crippen molar-refractivity contribution in [1.29, 1.82) is 0 Å². The van der Waals surface area contributed by atoms with Crippen LogP contribution in [0.5, 0.6) is 0 Å². The molecule has 0 fully saturated rings. The zero-order valence-electron chi connectivity index (χ0n) is 15.6. The van der Waals surface area contributed by atoms with Gasteiger partial charge in [0, 0.05) is 16.7 Å². The van der Waals surface area contributed by atoms with E-state index >= 15 is 0 Å². The molecule has 4 rings (SSSR count). The number of benzene rings is 3. The summed E-state index contributed by atoms with van der Waals surface area (Å²) >= 11 is 0. The van der Waals surface area contributed by atoms with Crippen molar-refractivity contribution in [3.63, 3.8) is 0 Å². The van der Waals surface area contributed by atoms with Gasteiger partial charge < -0.3 is 4.98 Å². The lowest BCUT2D eigenvalue weighted by Crippen LogP contribution is -1.86.